The lowest BCUT2D eigenvalue weighted by Gasteiger charge is -2.10. The number of nitrogens with one attached hydrogen (secondary N) is 1. The zero-order valence-corrected chi connectivity index (χ0v) is 16.9. The molecule has 0 aliphatic heterocycles. The van der Waals surface area contributed by atoms with Gasteiger partial charge in [-0.25, -0.2) is 19.2 Å². The molecular formula is C20H13BrF2N4O3. The number of hydrogen-bond acceptors (Lipinski definition) is 5. The van der Waals surface area contributed by atoms with Crippen molar-refractivity contribution in [3.05, 3.63) is 70.6 Å². The molecule has 0 amide bonds. The van der Waals surface area contributed by atoms with Crippen molar-refractivity contribution in [2.24, 2.45) is 0 Å². The first-order valence-electron chi connectivity index (χ1n) is 8.55. The third-order valence-corrected chi connectivity index (χ3v) is 5.09. The van der Waals surface area contributed by atoms with Crippen LogP contribution in [0.15, 0.2) is 53.4 Å². The maximum absolute atomic E-state index is 14.6. The van der Waals surface area contributed by atoms with Gasteiger partial charge in [0.05, 0.1) is 24.6 Å². The van der Waals surface area contributed by atoms with E-state index in [-0.39, 0.29) is 16.9 Å². The summed E-state index contributed by atoms with van der Waals surface area (Å²) in [4.78, 5) is 19.7. The number of anilines is 2. The first kappa shape index (κ1) is 19.8. The lowest BCUT2D eigenvalue weighted by atomic mass is 10.1. The number of carboxylic acid groups (broad SMARTS) is 1. The average Bonchev–Trinajstić information content (AvgIpc) is 3.15. The molecule has 0 bridgehead atoms. The Kier molecular flexibility index (Phi) is 5.08. The van der Waals surface area contributed by atoms with E-state index in [4.69, 9.17) is 9.84 Å². The Morgan fingerprint density at radius 3 is 2.70 bits per heavy atom. The molecule has 0 fully saturated rings. The smallest absolute Gasteiger partial charge is 0.336 e. The maximum atomic E-state index is 14.6. The minimum absolute atomic E-state index is 0.0199. The van der Waals surface area contributed by atoms with Gasteiger partial charge in [0.15, 0.2) is 23.0 Å². The monoisotopic (exact) mass is 474 g/mol. The summed E-state index contributed by atoms with van der Waals surface area (Å²) in [5, 5.41) is 12.2. The fourth-order valence-electron chi connectivity index (χ4n) is 3.00. The maximum Gasteiger partial charge on any atom is 0.336 e. The van der Waals surface area contributed by atoms with Gasteiger partial charge in [0.25, 0.3) is 0 Å². The summed E-state index contributed by atoms with van der Waals surface area (Å²) in [6.45, 7) is 0. The van der Waals surface area contributed by atoms with Crippen LogP contribution in [0, 0.1) is 11.6 Å². The summed E-state index contributed by atoms with van der Waals surface area (Å²) in [5.41, 5.74) is 1.41. The largest absolute Gasteiger partial charge is 0.494 e. The van der Waals surface area contributed by atoms with Crippen molar-refractivity contribution < 1.29 is 23.4 Å². The molecule has 2 N–H and O–H groups in total. The summed E-state index contributed by atoms with van der Waals surface area (Å²) >= 11 is 3.22. The van der Waals surface area contributed by atoms with Gasteiger partial charge < -0.3 is 15.2 Å². The van der Waals surface area contributed by atoms with Gasteiger partial charge in [-0.2, -0.15) is 4.39 Å². The van der Waals surface area contributed by atoms with Crippen molar-refractivity contribution in [3.8, 4) is 17.0 Å². The van der Waals surface area contributed by atoms with Crippen LogP contribution in [0.4, 0.5) is 20.3 Å². The van der Waals surface area contributed by atoms with Gasteiger partial charge in [-0.05, 0) is 46.3 Å². The molecule has 10 heteroatoms. The number of methoxy groups -OCH3 is 1. The van der Waals surface area contributed by atoms with E-state index >= 15 is 0 Å². The average molecular weight is 475 g/mol. The second kappa shape index (κ2) is 7.71. The van der Waals surface area contributed by atoms with Crippen molar-refractivity contribution in [1.29, 1.82) is 0 Å². The summed E-state index contributed by atoms with van der Waals surface area (Å²) in [5.74, 6) is -3.02. The molecule has 0 saturated carbocycles. The van der Waals surface area contributed by atoms with Crippen LogP contribution in [0.1, 0.15) is 10.4 Å². The van der Waals surface area contributed by atoms with Gasteiger partial charge in [-0.1, -0.05) is 0 Å². The number of fused-ring (bicyclic) bond motifs is 1. The Bertz CT molecular complexity index is 1290. The highest BCUT2D eigenvalue weighted by atomic mass is 79.9. The minimum Gasteiger partial charge on any atom is -0.494 e. The predicted molar refractivity (Wildman–Crippen MR) is 109 cm³/mol. The van der Waals surface area contributed by atoms with Gasteiger partial charge in [0.1, 0.15) is 0 Å². The fraction of sp³-hybridized carbons (Fsp3) is 0.0500. The number of carbonyl (C=O) groups is 1. The van der Waals surface area contributed by atoms with Crippen molar-refractivity contribution in [1.82, 2.24) is 14.4 Å². The molecule has 0 aliphatic carbocycles. The Morgan fingerprint density at radius 1 is 1.20 bits per heavy atom. The summed E-state index contributed by atoms with van der Waals surface area (Å²) < 4.78 is 35.5. The van der Waals surface area contributed by atoms with E-state index in [9.17, 15) is 13.6 Å². The Hall–Kier alpha value is -3.53. The van der Waals surface area contributed by atoms with Gasteiger partial charge in [0, 0.05) is 28.1 Å². The van der Waals surface area contributed by atoms with Crippen LogP contribution in [0.25, 0.3) is 16.9 Å². The Morgan fingerprint density at radius 2 is 2.00 bits per heavy atom. The minimum atomic E-state index is -1.08. The molecule has 0 unspecified atom stereocenters. The Labute approximate surface area is 177 Å². The molecule has 152 valence electrons. The van der Waals surface area contributed by atoms with Crippen LogP contribution < -0.4 is 10.1 Å². The predicted octanol–water partition coefficient (Wildman–Crippen LogP) is 4.89. The van der Waals surface area contributed by atoms with Crippen LogP contribution in [0.5, 0.6) is 5.75 Å². The number of aromatic carboxylic acids is 1. The molecule has 0 radical (unpaired) electrons. The van der Waals surface area contributed by atoms with E-state index in [0.717, 1.165) is 0 Å². The van der Waals surface area contributed by atoms with E-state index in [1.807, 2.05) is 0 Å². The molecule has 2 heterocycles. The molecule has 0 spiro atoms. The lowest BCUT2D eigenvalue weighted by molar-refractivity contribution is 0.0696. The zero-order chi connectivity index (χ0) is 21.4. The highest BCUT2D eigenvalue weighted by Crippen LogP contribution is 2.32. The van der Waals surface area contributed by atoms with E-state index in [0.29, 0.717) is 27.3 Å². The van der Waals surface area contributed by atoms with Crippen LogP contribution in [0.3, 0.4) is 0 Å². The molecule has 7 nitrogen and oxygen atoms in total. The lowest BCUT2D eigenvalue weighted by Crippen LogP contribution is -2.01. The molecular weight excluding hydrogens is 462 g/mol. The van der Waals surface area contributed by atoms with E-state index < -0.39 is 17.6 Å². The molecule has 0 aliphatic rings. The highest BCUT2D eigenvalue weighted by Gasteiger charge is 2.19. The molecule has 30 heavy (non-hydrogen) atoms. The first-order chi connectivity index (χ1) is 14.4. The van der Waals surface area contributed by atoms with Crippen LogP contribution in [0.2, 0.25) is 0 Å². The first-order valence-corrected chi connectivity index (χ1v) is 9.34. The molecule has 2 aromatic carbocycles. The fourth-order valence-corrected chi connectivity index (χ4v) is 3.55. The van der Waals surface area contributed by atoms with Gasteiger partial charge in [-0.15, -0.1) is 0 Å². The highest BCUT2D eigenvalue weighted by molar-refractivity contribution is 9.10. The second-order valence-electron chi connectivity index (χ2n) is 6.18. The van der Waals surface area contributed by atoms with E-state index in [1.54, 1.807) is 22.7 Å². The standard InChI is InChI=1S/C20H13BrF2N4O3/c1-30-15-5-4-12(16(22)17(15)23)14-9-25-19-18(24-6-7-27(14)19)26-10-2-3-11(20(28)29)13(21)8-10/h2-9H,1H3,(H,24,26)(H,28,29). The number of rotatable bonds is 5. The molecule has 0 saturated heterocycles. The number of aromatic nitrogens is 3. The van der Waals surface area contributed by atoms with Crippen molar-refractivity contribution in [3.63, 3.8) is 0 Å². The molecule has 4 aromatic rings. The van der Waals surface area contributed by atoms with Crippen LogP contribution >= 0.6 is 15.9 Å². The SMILES string of the molecule is COc1ccc(-c2cnc3c(Nc4ccc(C(=O)O)c(Br)c4)nccn23)c(F)c1F. The third-order valence-electron chi connectivity index (χ3n) is 4.43. The second-order valence-corrected chi connectivity index (χ2v) is 7.04. The number of carboxylic acids is 1. The number of nitrogens with zero attached hydrogens (tertiary/aromatic N) is 3. The van der Waals surface area contributed by atoms with Gasteiger partial charge in [-0.3, -0.25) is 4.40 Å². The van der Waals surface area contributed by atoms with Gasteiger partial charge >= 0.3 is 5.97 Å². The zero-order valence-electron chi connectivity index (χ0n) is 15.4. The van der Waals surface area contributed by atoms with Crippen molar-refractivity contribution >= 4 is 39.1 Å². The molecule has 2 aromatic heterocycles. The quantitative estimate of drug-likeness (QED) is 0.428. The number of imidazole rings is 1. The van der Waals surface area contributed by atoms with E-state index in [2.05, 4.69) is 31.2 Å². The topological polar surface area (TPSA) is 88.8 Å². The van der Waals surface area contributed by atoms with Crippen molar-refractivity contribution in [2.75, 3.05) is 12.4 Å². The summed E-state index contributed by atoms with van der Waals surface area (Å²) in [6.07, 6.45) is 4.47. The van der Waals surface area contributed by atoms with Crippen LogP contribution in [-0.2, 0) is 0 Å². The third kappa shape index (κ3) is 3.35. The summed E-state index contributed by atoms with van der Waals surface area (Å²) in [6, 6.07) is 7.38. The number of halogens is 3. The van der Waals surface area contributed by atoms with Crippen LogP contribution in [-0.4, -0.2) is 32.6 Å². The number of benzene rings is 2. The van der Waals surface area contributed by atoms with Gasteiger partial charge in [0.2, 0.25) is 5.82 Å². The Balaban J connectivity index is 1.76. The number of hydrogen-bond donors (Lipinski definition) is 2. The molecule has 0 atom stereocenters. The molecule has 4 rings (SSSR count). The summed E-state index contributed by atoms with van der Waals surface area (Å²) in [7, 11) is 1.26. The van der Waals surface area contributed by atoms with E-state index in [1.165, 1.54) is 37.7 Å². The normalized spacial score (nSPS) is 10.9. The van der Waals surface area contributed by atoms with Crippen molar-refractivity contribution in [2.45, 2.75) is 0 Å². The number of ether oxygens (including phenoxy) is 1.